The summed E-state index contributed by atoms with van der Waals surface area (Å²) < 4.78 is 0. The summed E-state index contributed by atoms with van der Waals surface area (Å²) in [7, 11) is 0. The van der Waals surface area contributed by atoms with Gasteiger partial charge in [0.25, 0.3) is 0 Å². The van der Waals surface area contributed by atoms with Gasteiger partial charge in [-0.3, -0.25) is 4.90 Å². The summed E-state index contributed by atoms with van der Waals surface area (Å²) in [6, 6.07) is 21.1. The normalized spacial score (nSPS) is 10.9. The molecule has 0 aliphatic rings. The van der Waals surface area contributed by atoms with Gasteiger partial charge in [-0.2, -0.15) is 0 Å². The molecule has 0 amide bonds. The van der Waals surface area contributed by atoms with Gasteiger partial charge >= 0.3 is 0 Å². The molecule has 0 saturated carbocycles. The minimum Gasteiger partial charge on any atom is -0.508 e. The summed E-state index contributed by atoms with van der Waals surface area (Å²) in [5.74, 6) is 0.242. The van der Waals surface area contributed by atoms with Crippen molar-refractivity contribution in [3.05, 3.63) is 99.0 Å². The van der Waals surface area contributed by atoms with Crippen molar-refractivity contribution in [2.75, 3.05) is 0 Å². The average Bonchev–Trinajstić information content (AvgIpc) is 2.71. The first-order valence-electron chi connectivity index (χ1n) is 9.46. The van der Waals surface area contributed by atoms with Crippen LogP contribution in [0.2, 0.25) is 10.0 Å². The van der Waals surface area contributed by atoms with Crippen LogP contribution < -0.4 is 11.5 Å². The van der Waals surface area contributed by atoms with Crippen LogP contribution in [-0.2, 0) is 26.2 Å². The highest BCUT2D eigenvalue weighted by Crippen LogP contribution is 2.24. The van der Waals surface area contributed by atoms with Gasteiger partial charge < -0.3 is 16.6 Å². The highest BCUT2D eigenvalue weighted by atomic mass is 35.5. The van der Waals surface area contributed by atoms with E-state index in [9.17, 15) is 5.11 Å². The SMILES string of the molecule is NC(N)=NCc1ccc(CN(Cc2ccc(Cl)cc2)Cc2ccc(Cl)cc2)c(O)c1. The van der Waals surface area contributed by atoms with E-state index in [1.807, 2.05) is 60.7 Å². The third-order valence-corrected chi connectivity index (χ3v) is 5.13. The Kier molecular flexibility index (Phi) is 7.57. The average molecular weight is 443 g/mol. The number of phenolic OH excluding ortho intramolecular Hbond substituents is 1. The first kappa shape index (κ1) is 22.0. The first-order chi connectivity index (χ1) is 14.4. The van der Waals surface area contributed by atoms with Gasteiger partial charge in [0.1, 0.15) is 5.75 Å². The van der Waals surface area contributed by atoms with Crippen LogP contribution in [0.5, 0.6) is 5.75 Å². The molecule has 0 aliphatic carbocycles. The van der Waals surface area contributed by atoms with Crippen LogP contribution in [0, 0.1) is 0 Å². The predicted octanol–water partition coefficient (Wildman–Crippen LogP) is 4.67. The Morgan fingerprint density at radius 1 is 0.767 bits per heavy atom. The molecule has 0 unspecified atom stereocenters. The zero-order valence-corrected chi connectivity index (χ0v) is 17.9. The predicted molar refractivity (Wildman–Crippen MR) is 123 cm³/mol. The molecular weight excluding hydrogens is 419 g/mol. The van der Waals surface area contributed by atoms with Crippen molar-refractivity contribution >= 4 is 29.2 Å². The molecule has 3 aromatic rings. The number of halogens is 2. The number of benzene rings is 3. The van der Waals surface area contributed by atoms with Crippen LogP contribution >= 0.6 is 23.2 Å². The molecule has 30 heavy (non-hydrogen) atoms. The summed E-state index contributed by atoms with van der Waals surface area (Å²) in [6.07, 6.45) is 0. The third kappa shape index (κ3) is 6.66. The lowest BCUT2D eigenvalue weighted by Crippen LogP contribution is -2.23. The topological polar surface area (TPSA) is 87.9 Å². The maximum absolute atomic E-state index is 10.5. The summed E-state index contributed by atoms with van der Waals surface area (Å²) in [4.78, 5) is 6.23. The number of phenols is 1. The van der Waals surface area contributed by atoms with Crippen molar-refractivity contribution in [2.24, 2.45) is 16.5 Å². The van der Waals surface area contributed by atoms with Crippen molar-refractivity contribution in [1.82, 2.24) is 4.90 Å². The van der Waals surface area contributed by atoms with E-state index in [1.54, 1.807) is 6.07 Å². The van der Waals surface area contributed by atoms with Crippen molar-refractivity contribution in [1.29, 1.82) is 0 Å². The molecule has 5 N–H and O–H groups in total. The molecule has 0 radical (unpaired) electrons. The lowest BCUT2D eigenvalue weighted by Gasteiger charge is -2.23. The highest BCUT2D eigenvalue weighted by molar-refractivity contribution is 6.30. The Bertz CT molecular complexity index is 953. The van der Waals surface area contributed by atoms with Gasteiger partial charge in [0.2, 0.25) is 0 Å². The van der Waals surface area contributed by atoms with Gasteiger partial charge in [-0.15, -0.1) is 0 Å². The highest BCUT2D eigenvalue weighted by Gasteiger charge is 2.12. The van der Waals surface area contributed by atoms with Gasteiger partial charge in [-0.1, -0.05) is 59.6 Å². The van der Waals surface area contributed by atoms with E-state index in [2.05, 4.69) is 9.89 Å². The van der Waals surface area contributed by atoms with Gasteiger partial charge in [0, 0.05) is 35.2 Å². The minimum absolute atomic E-state index is 0.0238. The Labute approximate surface area is 186 Å². The molecule has 0 aromatic heterocycles. The van der Waals surface area contributed by atoms with Crippen LogP contribution in [0.1, 0.15) is 22.3 Å². The van der Waals surface area contributed by atoms with E-state index in [-0.39, 0.29) is 11.7 Å². The summed E-state index contributed by atoms with van der Waals surface area (Å²) in [5.41, 5.74) is 14.7. The molecule has 156 valence electrons. The molecule has 0 atom stereocenters. The van der Waals surface area contributed by atoms with E-state index < -0.39 is 0 Å². The van der Waals surface area contributed by atoms with E-state index in [4.69, 9.17) is 34.7 Å². The number of aliphatic imine (C=N–C) groups is 1. The van der Waals surface area contributed by atoms with Crippen LogP contribution in [0.25, 0.3) is 0 Å². The standard InChI is InChI=1S/C23H24Cl2N4O/c24-20-7-2-16(3-8-20)13-29(14-17-4-9-21(25)10-5-17)15-19-6-1-18(11-22(19)30)12-28-23(26)27/h1-11,30H,12-15H2,(H4,26,27,28). The molecule has 5 nitrogen and oxygen atoms in total. The van der Waals surface area contributed by atoms with Crippen molar-refractivity contribution in [2.45, 2.75) is 26.2 Å². The molecule has 3 rings (SSSR count). The quantitative estimate of drug-likeness (QED) is 0.349. The number of nitrogens with two attached hydrogens (primary N) is 2. The number of aromatic hydroxyl groups is 1. The van der Waals surface area contributed by atoms with Crippen molar-refractivity contribution in [3.63, 3.8) is 0 Å². The fourth-order valence-electron chi connectivity index (χ4n) is 3.13. The smallest absolute Gasteiger partial charge is 0.186 e. The van der Waals surface area contributed by atoms with Crippen molar-refractivity contribution < 1.29 is 5.11 Å². The summed E-state index contributed by atoms with van der Waals surface area (Å²) >= 11 is 12.0. The van der Waals surface area contributed by atoms with Gasteiger partial charge in [0.15, 0.2) is 5.96 Å². The van der Waals surface area contributed by atoms with E-state index in [0.29, 0.717) is 36.2 Å². The van der Waals surface area contributed by atoms with Gasteiger partial charge in [-0.25, -0.2) is 4.99 Å². The van der Waals surface area contributed by atoms with E-state index >= 15 is 0 Å². The molecule has 3 aromatic carbocycles. The second-order valence-electron chi connectivity index (χ2n) is 7.10. The van der Waals surface area contributed by atoms with Crippen LogP contribution in [0.4, 0.5) is 0 Å². The third-order valence-electron chi connectivity index (χ3n) is 4.63. The molecule has 0 spiro atoms. The Hall–Kier alpha value is -2.73. The lowest BCUT2D eigenvalue weighted by molar-refractivity contribution is 0.244. The van der Waals surface area contributed by atoms with E-state index in [1.165, 1.54) is 0 Å². The van der Waals surface area contributed by atoms with Crippen LogP contribution in [0.3, 0.4) is 0 Å². The Morgan fingerprint density at radius 2 is 1.27 bits per heavy atom. The first-order valence-corrected chi connectivity index (χ1v) is 10.2. The second kappa shape index (κ2) is 10.3. The maximum Gasteiger partial charge on any atom is 0.186 e. The molecule has 7 heteroatoms. The lowest BCUT2D eigenvalue weighted by atomic mass is 10.1. The minimum atomic E-state index is 0.0238. The number of nitrogens with zero attached hydrogens (tertiary/aromatic N) is 2. The monoisotopic (exact) mass is 442 g/mol. The fraction of sp³-hybridized carbons (Fsp3) is 0.174. The zero-order valence-electron chi connectivity index (χ0n) is 16.4. The number of hydrogen-bond donors (Lipinski definition) is 3. The molecule has 0 heterocycles. The number of guanidine groups is 1. The summed E-state index contributed by atoms with van der Waals surface area (Å²) in [6.45, 7) is 2.30. The Balaban J connectivity index is 1.79. The number of rotatable bonds is 8. The second-order valence-corrected chi connectivity index (χ2v) is 7.98. The van der Waals surface area contributed by atoms with Crippen molar-refractivity contribution in [3.8, 4) is 5.75 Å². The molecule has 0 bridgehead atoms. The van der Waals surface area contributed by atoms with Crippen LogP contribution in [-0.4, -0.2) is 16.0 Å². The van der Waals surface area contributed by atoms with Gasteiger partial charge in [0.05, 0.1) is 6.54 Å². The van der Waals surface area contributed by atoms with Gasteiger partial charge in [-0.05, 0) is 47.0 Å². The van der Waals surface area contributed by atoms with E-state index in [0.717, 1.165) is 22.3 Å². The zero-order chi connectivity index (χ0) is 21.5. The largest absolute Gasteiger partial charge is 0.508 e. The molecule has 0 fully saturated rings. The number of hydrogen-bond acceptors (Lipinski definition) is 3. The molecule has 0 aliphatic heterocycles. The molecule has 0 saturated heterocycles. The molecular formula is C23H24Cl2N4O. The fourth-order valence-corrected chi connectivity index (χ4v) is 3.38. The van der Waals surface area contributed by atoms with Crippen LogP contribution in [0.15, 0.2) is 71.7 Å². The maximum atomic E-state index is 10.5. The summed E-state index contributed by atoms with van der Waals surface area (Å²) in [5, 5.41) is 11.9. The Morgan fingerprint density at radius 3 is 1.73 bits per heavy atom.